The Kier molecular flexibility index (Phi) is 3.66. The highest BCUT2D eigenvalue weighted by Gasteiger charge is 2.47. The lowest BCUT2D eigenvalue weighted by molar-refractivity contribution is -0.0128. The number of hydrogen-bond acceptors (Lipinski definition) is 3. The van der Waals surface area contributed by atoms with E-state index in [-0.39, 0.29) is 30.2 Å². The van der Waals surface area contributed by atoms with Crippen LogP contribution in [0.15, 0.2) is 30.3 Å². The van der Waals surface area contributed by atoms with E-state index >= 15 is 0 Å². The second-order valence-electron chi connectivity index (χ2n) is 5.91. The van der Waals surface area contributed by atoms with E-state index in [0.29, 0.717) is 13.0 Å². The smallest absolute Gasteiger partial charge is 0.410 e. The van der Waals surface area contributed by atoms with Crippen LogP contribution in [0.25, 0.3) is 0 Å². The molecule has 2 fully saturated rings. The average Bonchev–Trinajstić information content (AvgIpc) is 2.82. The Hall–Kier alpha value is -1.55. The van der Waals surface area contributed by atoms with Crippen LogP contribution in [0.4, 0.5) is 4.79 Å². The van der Waals surface area contributed by atoms with Crippen molar-refractivity contribution in [1.29, 1.82) is 0 Å². The molecule has 0 aliphatic carbocycles. The van der Waals surface area contributed by atoms with Gasteiger partial charge >= 0.3 is 6.09 Å². The summed E-state index contributed by atoms with van der Waals surface area (Å²) in [4.78, 5) is 14.2. The van der Waals surface area contributed by atoms with Crippen LogP contribution in [0.3, 0.4) is 0 Å². The summed E-state index contributed by atoms with van der Waals surface area (Å²) in [6.45, 7) is 2.33. The summed E-state index contributed by atoms with van der Waals surface area (Å²) in [6, 6.07) is 9.99. The number of benzene rings is 1. The van der Waals surface area contributed by atoms with Gasteiger partial charge in [0, 0.05) is 18.0 Å². The molecule has 1 aromatic carbocycles. The van der Waals surface area contributed by atoms with E-state index in [1.807, 2.05) is 42.2 Å². The Morgan fingerprint density at radius 2 is 2.10 bits per heavy atom. The van der Waals surface area contributed by atoms with Gasteiger partial charge < -0.3 is 14.7 Å². The first-order valence-electron chi connectivity index (χ1n) is 7.34. The van der Waals surface area contributed by atoms with Gasteiger partial charge in [-0.2, -0.15) is 0 Å². The number of fused-ring (bicyclic) bond motifs is 2. The number of amides is 1. The summed E-state index contributed by atoms with van der Waals surface area (Å²) in [5, 5.41) is 9.99. The minimum absolute atomic E-state index is 0.132. The van der Waals surface area contributed by atoms with Crippen molar-refractivity contribution in [3.05, 3.63) is 35.9 Å². The fourth-order valence-corrected chi connectivity index (χ4v) is 3.49. The number of aliphatic hydroxyl groups excluding tert-OH is 1. The van der Waals surface area contributed by atoms with Gasteiger partial charge in [0.2, 0.25) is 0 Å². The molecule has 0 spiro atoms. The molecule has 0 radical (unpaired) electrons. The number of rotatable bonds is 2. The van der Waals surface area contributed by atoms with Crippen LogP contribution in [0.1, 0.15) is 31.7 Å². The highest BCUT2D eigenvalue weighted by atomic mass is 16.6. The van der Waals surface area contributed by atoms with Gasteiger partial charge in [-0.1, -0.05) is 37.3 Å². The van der Waals surface area contributed by atoms with Crippen molar-refractivity contribution >= 4 is 6.09 Å². The number of ether oxygens (including phenoxy) is 1. The highest BCUT2D eigenvalue weighted by molar-refractivity contribution is 5.69. The zero-order valence-electron chi connectivity index (χ0n) is 11.7. The number of piperidine rings is 1. The van der Waals surface area contributed by atoms with Crippen LogP contribution in [-0.2, 0) is 11.3 Å². The first-order valence-corrected chi connectivity index (χ1v) is 7.34. The molecule has 2 heterocycles. The van der Waals surface area contributed by atoms with Crippen LogP contribution in [0.2, 0.25) is 0 Å². The van der Waals surface area contributed by atoms with Gasteiger partial charge in [-0.3, -0.25) is 0 Å². The predicted octanol–water partition coefficient (Wildman–Crippen LogP) is 2.56. The van der Waals surface area contributed by atoms with Crippen molar-refractivity contribution in [2.24, 2.45) is 5.92 Å². The Morgan fingerprint density at radius 3 is 2.85 bits per heavy atom. The number of carbonyl (C=O) groups is 1. The summed E-state index contributed by atoms with van der Waals surface area (Å²) >= 11 is 0. The summed E-state index contributed by atoms with van der Waals surface area (Å²) in [5.41, 5.74) is 0.998. The molecule has 0 saturated carbocycles. The Balaban J connectivity index is 1.63. The minimum atomic E-state index is -0.286. The molecular formula is C16H21NO3. The normalized spacial score (nSPS) is 32.2. The van der Waals surface area contributed by atoms with Gasteiger partial charge in [-0.15, -0.1) is 0 Å². The first kappa shape index (κ1) is 13.4. The molecule has 1 aromatic rings. The van der Waals surface area contributed by atoms with Gasteiger partial charge in [0.25, 0.3) is 0 Å². The molecule has 4 nitrogen and oxygen atoms in total. The molecule has 20 heavy (non-hydrogen) atoms. The van der Waals surface area contributed by atoms with Crippen molar-refractivity contribution in [2.75, 3.05) is 0 Å². The van der Waals surface area contributed by atoms with Crippen LogP contribution in [-0.4, -0.2) is 34.3 Å². The average molecular weight is 275 g/mol. The molecule has 108 valence electrons. The van der Waals surface area contributed by atoms with Crippen LogP contribution >= 0.6 is 0 Å². The molecule has 4 heteroatoms. The van der Waals surface area contributed by atoms with Gasteiger partial charge in [-0.05, 0) is 24.8 Å². The molecule has 3 rings (SSSR count). The number of aliphatic hydroxyl groups is 1. The monoisotopic (exact) mass is 275 g/mol. The standard InChI is InChI=1S/C16H21NO3/c1-11-14-8-7-13(9-15(11)18)17(14)16(19)20-10-12-5-3-2-4-6-12/h2-6,11,13-15,18H,7-10H2,1H3. The highest BCUT2D eigenvalue weighted by Crippen LogP contribution is 2.39. The van der Waals surface area contributed by atoms with Gasteiger partial charge in [0.1, 0.15) is 6.61 Å². The summed E-state index contributed by atoms with van der Waals surface area (Å²) in [7, 11) is 0. The maximum Gasteiger partial charge on any atom is 0.410 e. The van der Waals surface area contributed by atoms with Crippen molar-refractivity contribution in [3.8, 4) is 0 Å². The van der Waals surface area contributed by atoms with Crippen LogP contribution < -0.4 is 0 Å². The quantitative estimate of drug-likeness (QED) is 0.902. The summed E-state index contributed by atoms with van der Waals surface area (Å²) < 4.78 is 5.44. The molecule has 2 bridgehead atoms. The molecule has 2 aliphatic rings. The number of hydrogen-bond donors (Lipinski definition) is 1. The lowest BCUT2D eigenvalue weighted by Crippen LogP contribution is -2.52. The van der Waals surface area contributed by atoms with Crippen molar-refractivity contribution in [3.63, 3.8) is 0 Å². The van der Waals surface area contributed by atoms with E-state index in [9.17, 15) is 9.90 Å². The van der Waals surface area contributed by atoms with Crippen molar-refractivity contribution in [2.45, 2.75) is 51.0 Å². The lowest BCUT2D eigenvalue weighted by atomic mass is 9.89. The van der Waals surface area contributed by atoms with E-state index < -0.39 is 0 Å². The van der Waals surface area contributed by atoms with Gasteiger partial charge in [-0.25, -0.2) is 4.79 Å². The lowest BCUT2D eigenvalue weighted by Gasteiger charge is -2.40. The molecule has 1 amide bonds. The second-order valence-corrected chi connectivity index (χ2v) is 5.91. The van der Waals surface area contributed by atoms with E-state index in [0.717, 1.165) is 18.4 Å². The van der Waals surface area contributed by atoms with E-state index in [4.69, 9.17) is 4.74 Å². The first-order chi connectivity index (χ1) is 9.66. The summed E-state index contributed by atoms with van der Waals surface area (Å²) in [6.07, 6.45) is 2.11. The number of nitrogens with zero attached hydrogens (tertiary/aromatic N) is 1. The minimum Gasteiger partial charge on any atom is -0.445 e. The number of carbonyl (C=O) groups excluding carboxylic acids is 1. The fraction of sp³-hybridized carbons (Fsp3) is 0.562. The molecule has 2 aliphatic heterocycles. The third-order valence-electron chi connectivity index (χ3n) is 4.69. The fourth-order valence-electron chi connectivity index (χ4n) is 3.49. The van der Waals surface area contributed by atoms with Crippen molar-refractivity contribution in [1.82, 2.24) is 4.90 Å². The topological polar surface area (TPSA) is 49.8 Å². The SMILES string of the molecule is CC1C(O)CC2CCC1N2C(=O)OCc1ccccc1. The van der Waals surface area contributed by atoms with E-state index in [1.165, 1.54) is 0 Å². The zero-order chi connectivity index (χ0) is 14.1. The second kappa shape index (κ2) is 5.44. The predicted molar refractivity (Wildman–Crippen MR) is 75.1 cm³/mol. The Bertz CT molecular complexity index is 476. The molecule has 2 saturated heterocycles. The van der Waals surface area contributed by atoms with Crippen LogP contribution in [0, 0.1) is 5.92 Å². The third-order valence-corrected chi connectivity index (χ3v) is 4.69. The Labute approximate surface area is 119 Å². The maximum absolute atomic E-state index is 12.3. The van der Waals surface area contributed by atoms with E-state index in [1.54, 1.807) is 0 Å². The van der Waals surface area contributed by atoms with E-state index in [2.05, 4.69) is 0 Å². The van der Waals surface area contributed by atoms with Crippen molar-refractivity contribution < 1.29 is 14.6 Å². The molecule has 0 aromatic heterocycles. The van der Waals surface area contributed by atoms with Crippen LogP contribution in [0.5, 0.6) is 0 Å². The third kappa shape index (κ3) is 2.40. The molecule has 1 N–H and O–H groups in total. The molecular weight excluding hydrogens is 254 g/mol. The van der Waals surface area contributed by atoms with Gasteiger partial charge in [0.15, 0.2) is 0 Å². The summed E-state index contributed by atoms with van der Waals surface area (Å²) in [5.74, 6) is 0.137. The maximum atomic E-state index is 12.3. The zero-order valence-corrected chi connectivity index (χ0v) is 11.7. The van der Waals surface area contributed by atoms with Gasteiger partial charge in [0.05, 0.1) is 6.10 Å². The molecule has 4 atom stereocenters. The molecule has 4 unspecified atom stereocenters. The largest absolute Gasteiger partial charge is 0.445 e. The Morgan fingerprint density at radius 1 is 1.35 bits per heavy atom.